The monoisotopic (exact) mass is 864 g/mol. The van der Waals surface area contributed by atoms with Crippen molar-refractivity contribution in [2.75, 3.05) is 46.7 Å². The standard InChI is InChI=1S/C46H64N4O12/c1-28(5-12-42(54)60-22-21-59-20-19-58-18-17-48-50-47)35-10-11-36-34-8-6-30-25-32(13-15-45(30,2)37(34)14-16-46(35,36)3)61-44(56)38(27-41(52)53)49-40(51)23-29-24-43(55)62-39-26-31(57-4)7-9-33(29)39/h7,9,24,26,28,30,32,34-38H,5-6,8,10-23,25,27H2,1-4H3,(H,49,51)(H,52,53)/t28-,30-,32-,34+,35?,36+,37+,38+,45+,46?/m1/s1. The number of fused-ring (bicyclic) bond motifs is 6. The van der Waals surface area contributed by atoms with E-state index in [1.807, 2.05) is 0 Å². The summed E-state index contributed by atoms with van der Waals surface area (Å²) in [4.78, 5) is 66.2. The van der Waals surface area contributed by atoms with Crippen LogP contribution in [0.1, 0.15) is 103 Å². The minimum absolute atomic E-state index is 0.119. The fraction of sp³-hybridized carbons (Fsp3) is 0.717. The van der Waals surface area contributed by atoms with Crippen LogP contribution in [0, 0.1) is 46.3 Å². The molecule has 2 aromatic rings. The topological polar surface area (TPSA) is 226 Å². The first kappa shape index (κ1) is 46.8. The molecule has 2 unspecified atom stereocenters. The number of hydrogen-bond acceptors (Lipinski definition) is 12. The molecule has 1 heterocycles. The van der Waals surface area contributed by atoms with Gasteiger partial charge in [0.25, 0.3) is 0 Å². The van der Waals surface area contributed by atoms with E-state index in [1.165, 1.54) is 32.4 Å². The van der Waals surface area contributed by atoms with E-state index in [1.54, 1.807) is 18.2 Å². The van der Waals surface area contributed by atoms with Gasteiger partial charge in [-0.2, -0.15) is 0 Å². The zero-order valence-corrected chi connectivity index (χ0v) is 36.6. The van der Waals surface area contributed by atoms with E-state index in [4.69, 9.17) is 33.6 Å². The Bertz CT molecular complexity index is 2020. The molecule has 6 rings (SSSR count). The molecule has 1 aromatic heterocycles. The van der Waals surface area contributed by atoms with E-state index in [2.05, 4.69) is 36.1 Å². The molecule has 0 spiro atoms. The highest BCUT2D eigenvalue weighted by Crippen LogP contribution is 2.68. The minimum Gasteiger partial charge on any atom is -0.497 e. The molecule has 10 atom stereocenters. The molecule has 340 valence electrons. The number of hydrogen-bond donors (Lipinski definition) is 2. The Labute approximate surface area is 362 Å². The molecule has 16 nitrogen and oxygen atoms in total. The van der Waals surface area contributed by atoms with Crippen molar-refractivity contribution in [3.8, 4) is 5.75 Å². The number of carbonyl (C=O) groups is 4. The van der Waals surface area contributed by atoms with E-state index in [-0.39, 0.29) is 48.1 Å². The van der Waals surface area contributed by atoms with Gasteiger partial charge in [-0.05, 0) is 134 Å². The molecule has 0 bridgehead atoms. The molecule has 2 N–H and O–H groups in total. The summed E-state index contributed by atoms with van der Waals surface area (Å²) in [7, 11) is 1.49. The smallest absolute Gasteiger partial charge is 0.336 e. The number of methoxy groups -OCH3 is 1. The Morgan fingerprint density at radius 1 is 0.968 bits per heavy atom. The zero-order chi connectivity index (χ0) is 44.4. The maximum atomic E-state index is 13.6. The highest BCUT2D eigenvalue weighted by atomic mass is 16.6. The highest BCUT2D eigenvalue weighted by molar-refractivity contribution is 5.91. The lowest BCUT2D eigenvalue weighted by Crippen LogP contribution is -2.54. The van der Waals surface area contributed by atoms with Gasteiger partial charge < -0.3 is 38.5 Å². The number of carbonyl (C=O) groups excluding carboxylic acids is 3. The summed E-state index contributed by atoms with van der Waals surface area (Å²) in [6, 6.07) is 4.74. The summed E-state index contributed by atoms with van der Waals surface area (Å²) in [6.07, 6.45) is 9.17. The molecule has 0 saturated heterocycles. The summed E-state index contributed by atoms with van der Waals surface area (Å²) in [6.45, 7) is 9.15. The Morgan fingerprint density at radius 3 is 2.47 bits per heavy atom. The number of ether oxygens (including phenoxy) is 5. The predicted molar refractivity (Wildman–Crippen MR) is 227 cm³/mol. The number of carboxylic acids is 1. The van der Waals surface area contributed by atoms with Crippen molar-refractivity contribution in [1.29, 1.82) is 0 Å². The van der Waals surface area contributed by atoms with Crippen LogP contribution in [0.4, 0.5) is 0 Å². The fourth-order valence-electron chi connectivity index (χ4n) is 12.1. The van der Waals surface area contributed by atoms with E-state index >= 15 is 0 Å². The molecule has 4 aliphatic carbocycles. The second kappa shape index (κ2) is 21.1. The van der Waals surface area contributed by atoms with Crippen LogP contribution in [0.5, 0.6) is 5.75 Å². The third-order valence-corrected chi connectivity index (χ3v) is 15.1. The summed E-state index contributed by atoms with van der Waals surface area (Å²) in [5.74, 6) is 0.870. The van der Waals surface area contributed by atoms with E-state index in [9.17, 15) is 29.1 Å². The van der Waals surface area contributed by atoms with E-state index in [0.717, 1.165) is 32.1 Å². The average molecular weight is 865 g/mol. The van der Waals surface area contributed by atoms with E-state index in [0.29, 0.717) is 97.9 Å². The van der Waals surface area contributed by atoms with Gasteiger partial charge in [-0.15, -0.1) is 0 Å². The number of benzene rings is 1. The first-order chi connectivity index (χ1) is 29.7. The van der Waals surface area contributed by atoms with E-state index < -0.39 is 35.9 Å². The normalized spacial score (nSPS) is 28.6. The predicted octanol–water partition coefficient (Wildman–Crippen LogP) is 7.18. The number of rotatable bonds is 21. The lowest BCUT2D eigenvalue weighted by atomic mass is 9.44. The molecule has 4 fully saturated rings. The van der Waals surface area contributed by atoms with Crippen LogP contribution in [0.3, 0.4) is 0 Å². The van der Waals surface area contributed by atoms with Gasteiger partial charge >= 0.3 is 23.5 Å². The number of esters is 2. The van der Waals surface area contributed by atoms with Crippen LogP contribution in [0.25, 0.3) is 21.4 Å². The summed E-state index contributed by atoms with van der Waals surface area (Å²) in [5, 5.41) is 16.2. The van der Waals surface area contributed by atoms with Crippen LogP contribution in [0.15, 0.2) is 38.6 Å². The molecule has 4 aliphatic rings. The SMILES string of the molecule is COc1ccc2c(CC(=O)N[C@@H](CC(=O)O)C(=O)O[C@@H]3CC[C@@]4(C)[C@H](CC[C@H]5[C@@H]6CCC([C@H](C)CCC(=O)OCCOCCOCCN=[N+]=[N-])C6(C)CC[C@@H]54)C3)cc(=O)oc2c1. The van der Waals surface area contributed by atoms with Gasteiger partial charge in [0.05, 0.1) is 46.4 Å². The van der Waals surface area contributed by atoms with Gasteiger partial charge in [-0.1, -0.05) is 25.9 Å². The highest BCUT2D eigenvalue weighted by Gasteiger charge is 2.60. The number of nitrogens with one attached hydrogen (secondary N) is 1. The van der Waals surface area contributed by atoms with Crippen LogP contribution in [-0.2, 0) is 44.5 Å². The van der Waals surface area contributed by atoms with Gasteiger partial charge in [-0.3, -0.25) is 14.4 Å². The second-order valence-electron chi connectivity index (χ2n) is 18.5. The van der Waals surface area contributed by atoms with Gasteiger partial charge in [0, 0.05) is 35.4 Å². The lowest BCUT2D eigenvalue weighted by Gasteiger charge is -2.61. The average Bonchev–Trinajstić information content (AvgIpc) is 3.60. The quantitative estimate of drug-likeness (QED) is 0.0318. The van der Waals surface area contributed by atoms with Gasteiger partial charge in [-0.25, -0.2) is 9.59 Å². The molecule has 62 heavy (non-hydrogen) atoms. The summed E-state index contributed by atoms with van der Waals surface area (Å²) in [5.41, 5.74) is 8.61. The Hall–Kier alpha value is -4.66. The summed E-state index contributed by atoms with van der Waals surface area (Å²) >= 11 is 0. The molecule has 1 amide bonds. The molecule has 1 aromatic carbocycles. The number of nitrogens with zero attached hydrogens (tertiary/aromatic N) is 3. The number of carboxylic acid groups (broad SMARTS) is 1. The number of azide groups is 1. The maximum Gasteiger partial charge on any atom is 0.336 e. The van der Waals surface area contributed by atoms with Crippen LogP contribution < -0.4 is 15.7 Å². The fourth-order valence-corrected chi connectivity index (χ4v) is 12.1. The molecule has 4 saturated carbocycles. The first-order valence-corrected chi connectivity index (χ1v) is 22.4. The van der Waals surface area contributed by atoms with Crippen molar-refractivity contribution < 1.29 is 52.4 Å². The van der Waals surface area contributed by atoms with Gasteiger partial charge in [0.2, 0.25) is 5.91 Å². The molecule has 0 radical (unpaired) electrons. The van der Waals surface area contributed by atoms with Crippen molar-refractivity contribution in [3.63, 3.8) is 0 Å². The van der Waals surface area contributed by atoms with Crippen molar-refractivity contribution in [2.24, 2.45) is 51.5 Å². The van der Waals surface area contributed by atoms with Crippen molar-refractivity contribution in [3.05, 3.63) is 50.7 Å². The van der Waals surface area contributed by atoms with Gasteiger partial charge in [0.1, 0.15) is 30.1 Å². The Morgan fingerprint density at radius 2 is 1.71 bits per heavy atom. The molecular weight excluding hydrogens is 801 g/mol. The van der Waals surface area contributed by atoms with Crippen LogP contribution in [-0.4, -0.2) is 87.8 Å². The Kier molecular flexibility index (Phi) is 16.0. The maximum absolute atomic E-state index is 13.6. The second-order valence-corrected chi connectivity index (χ2v) is 18.5. The van der Waals surface area contributed by atoms with Crippen molar-refractivity contribution in [2.45, 2.75) is 116 Å². The van der Waals surface area contributed by atoms with Gasteiger partial charge in [0.15, 0.2) is 0 Å². The van der Waals surface area contributed by atoms with Crippen LogP contribution in [0.2, 0.25) is 0 Å². The first-order valence-electron chi connectivity index (χ1n) is 22.4. The van der Waals surface area contributed by atoms with Crippen LogP contribution >= 0.6 is 0 Å². The minimum atomic E-state index is -1.38. The third-order valence-electron chi connectivity index (χ3n) is 15.1. The van der Waals surface area contributed by atoms with Crippen molar-refractivity contribution >= 4 is 34.8 Å². The number of amides is 1. The zero-order valence-electron chi connectivity index (χ0n) is 36.6. The van der Waals surface area contributed by atoms with Crippen molar-refractivity contribution in [1.82, 2.24) is 5.32 Å². The Balaban J connectivity index is 0.970. The molecular formula is C46H64N4O12. The molecule has 16 heteroatoms. The third kappa shape index (κ3) is 11.1. The lowest BCUT2D eigenvalue weighted by molar-refractivity contribution is -0.167. The molecule has 0 aliphatic heterocycles. The summed E-state index contributed by atoms with van der Waals surface area (Å²) < 4.78 is 32.7. The number of aliphatic carboxylic acids is 1. The largest absolute Gasteiger partial charge is 0.497 e.